The zero-order chi connectivity index (χ0) is 15.4. The summed E-state index contributed by atoms with van der Waals surface area (Å²) < 4.78 is 5.29. The zero-order valence-corrected chi connectivity index (χ0v) is 12.7. The van der Waals surface area contributed by atoms with E-state index in [0.717, 1.165) is 11.3 Å². The van der Waals surface area contributed by atoms with Crippen molar-refractivity contribution in [2.24, 2.45) is 0 Å². The Labute approximate surface area is 129 Å². The molecule has 0 saturated carbocycles. The number of nitrogen functional groups attached to an aromatic ring is 1. The van der Waals surface area contributed by atoms with Crippen LogP contribution in [0, 0.1) is 0 Å². The number of nitrogens with zero attached hydrogens (tertiary/aromatic N) is 1. The summed E-state index contributed by atoms with van der Waals surface area (Å²) in [7, 11) is 3.32. The standard InChI is InChI=1S/C16H17ClN2O2/c1-19(10-11-6-3-4-9-14(11)21-2)16(20)12-7-5-8-13(17)15(12)18/h3-9H,10,18H2,1-2H3. The topological polar surface area (TPSA) is 55.6 Å². The van der Waals surface area contributed by atoms with E-state index in [-0.39, 0.29) is 5.91 Å². The summed E-state index contributed by atoms with van der Waals surface area (Å²) in [5.41, 5.74) is 7.50. The number of para-hydroxylation sites is 2. The van der Waals surface area contributed by atoms with Crippen LogP contribution in [-0.2, 0) is 6.54 Å². The molecule has 0 unspecified atom stereocenters. The molecule has 0 spiro atoms. The van der Waals surface area contributed by atoms with Gasteiger partial charge in [0.2, 0.25) is 0 Å². The summed E-state index contributed by atoms with van der Waals surface area (Å²) in [5.74, 6) is 0.567. The third-order valence-electron chi connectivity index (χ3n) is 3.23. The normalized spacial score (nSPS) is 10.2. The van der Waals surface area contributed by atoms with Crippen molar-refractivity contribution in [3.8, 4) is 5.75 Å². The number of carbonyl (C=O) groups is 1. The van der Waals surface area contributed by atoms with Gasteiger partial charge in [-0.1, -0.05) is 35.9 Å². The van der Waals surface area contributed by atoms with Crippen molar-refractivity contribution in [2.75, 3.05) is 19.9 Å². The number of carbonyl (C=O) groups excluding carboxylic acids is 1. The molecule has 5 heteroatoms. The fourth-order valence-electron chi connectivity index (χ4n) is 2.09. The molecule has 0 aliphatic rings. The Morgan fingerprint density at radius 2 is 1.95 bits per heavy atom. The molecule has 4 nitrogen and oxygen atoms in total. The molecule has 0 aromatic heterocycles. The largest absolute Gasteiger partial charge is 0.496 e. The maximum atomic E-state index is 12.5. The lowest BCUT2D eigenvalue weighted by Gasteiger charge is -2.20. The highest BCUT2D eigenvalue weighted by Crippen LogP contribution is 2.25. The monoisotopic (exact) mass is 304 g/mol. The molecule has 0 saturated heterocycles. The Morgan fingerprint density at radius 3 is 2.67 bits per heavy atom. The van der Waals surface area contributed by atoms with E-state index in [1.54, 1.807) is 37.3 Å². The van der Waals surface area contributed by atoms with E-state index < -0.39 is 0 Å². The number of benzene rings is 2. The van der Waals surface area contributed by atoms with Crippen LogP contribution in [0.1, 0.15) is 15.9 Å². The smallest absolute Gasteiger partial charge is 0.256 e. The second-order valence-electron chi connectivity index (χ2n) is 4.67. The molecule has 0 aliphatic carbocycles. The molecule has 2 aromatic carbocycles. The molecule has 2 N–H and O–H groups in total. The van der Waals surface area contributed by atoms with Gasteiger partial charge < -0.3 is 15.4 Å². The van der Waals surface area contributed by atoms with E-state index in [2.05, 4.69) is 0 Å². The first-order chi connectivity index (χ1) is 10.0. The summed E-state index contributed by atoms with van der Waals surface area (Å²) in [6, 6.07) is 12.6. The van der Waals surface area contributed by atoms with Crippen molar-refractivity contribution in [3.63, 3.8) is 0 Å². The fourth-order valence-corrected chi connectivity index (χ4v) is 2.26. The van der Waals surface area contributed by atoms with Gasteiger partial charge in [0.25, 0.3) is 5.91 Å². The van der Waals surface area contributed by atoms with Crippen LogP contribution < -0.4 is 10.5 Å². The maximum absolute atomic E-state index is 12.5. The van der Waals surface area contributed by atoms with Crippen LogP contribution in [0.15, 0.2) is 42.5 Å². The summed E-state index contributed by atoms with van der Waals surface area (Å²) in [5, 5.41) is 0.381. The van der Waals surface area contributed by atoms with Crippen molar-refractivity contribution in [1.29, 1.82) is 0 Å². The third-order valence-corrected chi connectivity index (χ3v) is 3.56. The van der Waals surface area contributed by atoms with Gasteiger partial charge in [0, 0.05) is 19.2 Å². The second kappa shape index (κ2) is 6.50. The van der Waals surface area contributed by atoms with Gasteiger partial charge in [0.05, 0.1) is 23.4 Å². The van der Waals surface area contributed by atoms with Crippen LogP contribution in [0.2, 0.25) is 5.02 Å². The third kappa shape index (κ3) is 3.28. The van der Waals surface area contributed by atoms with E-state index >= 15 is 0 Å². The summed E-state index contributed by atoms with van der Waals surface area (Å²) >= 11 is 5.95. The number of amides is 1. The van der Waals surface area contributed by atoms with Gasteiger partial charge in [-0.05, 0) is 18.2 Å². The fraction of sp³-hybridized carbons (Fsp3) is 0.188. The Bertz CT molecular complexity index is 658. The average molecular weight is 305 g/mol. The minimum atomic E-state index is -0.180. The van der Waals surface area contributed by atoms with E-state index in [1.165, 1.54) is 0 Å². The van der Waals surface area contributed by atoms with Gasteiger partial charge in [0.15, 0.2) is 0 Å². The lowest BCUT2D eigenvalue weighted by molar-refractivity contribution is 0.0785. The number of halogens is 1. The van der Waals surface area contributed by atoms with Gasteiger partial charge in [-0.15, -0.1) is 0 Å². The van der Waals surface area contributed by atoms with Crippen LogP contribution in [0.4, 0.5) is 5.69 Å². The Morgan fingerprint density at radius 1 is 1.24 bits per heavy atom. The van der Waals surface area contributed by atoms with Crippen LogP contribution in [-0.4, -0.2) is 25.0 Å². The molecule has 2 aromatic rings. The predicted octanol–water partition coefficient (Wildman–Crippen LogP) is 3.20. The molecule has 0 bridgehead atoms. The van der Waals surface area contributed by atoms with Crippen molar-refractivity contribution in [2.45, 2.75) is 6.54 Å². The van der Waals surface area contributed by atoms with Crippen LogP contribution in [0.3, 0.4) is 0 Å². The first kappa shape index (κ1) is 15.2. The number of hydrogen-bond acceptors (Lipinski definition) is 3. The van der Waals surface area contributed by atoms with Gasteiger partial charge in [0.1, 0.15) is 5.75 Å². The quantitative estimate of drug-likeness (QED) is 0.883. The summed E-state index contributed by atoms with van der Waals surface area (Å²) in [6.45, 7) is 0.425. The molecule has 0 radical (unpaired) electrons. The van der Waals surface area contributed by atoms with Crippen molar-refractivity contribution >= 4 is 23.2 Å². The number of anilines is 1. The Balaban J connectivity index is 2.22. The van der Waals surface area contributed by atoms with Crippen molar-refractivity contribution in [3.05, 3.63) is 58.6 Å². The minimum absolute atomic E-state index is 0.180. The molecule has 0 heterocycles. The molecule has 21 heavy (non-hydrogen) atoms. The average Bonchev–Trinajstić information content (AvgIpc) is 2.50. The van der Waals surface area contributed by atoms with Crippen molar-refractivity contribution in [1.82, 2.24) is 4.90 Å². The lowest BCUT2D eigenvalue weighted by Crippen LogP contribution is -2.27. The van der Waals surface area contributed by atoms with Gasteiger partial charge in [-0.25, -0.2) is 0 Å². The molecule has 0 fully saturated rings. The van der Waals surface area contributed by atoms with Gasteiger partial charge in [-0.3, -0.25) is 4.79 Å². The molecule has 110 valence electrons. The number of rotatable bonds is 4. The Hall–Kier alpha value is -2.20. The van der Waals surface area contributed by atoms with Crippen LogP contribution in [0.25, 0.3) is 0 Å². The highest BCUT2D eigenvalue weighted by atomic mass is 35.5. The molecule has 0 aliphatic heterocycles. The van der Waals surface area contributed by atoms with E-state index in [0.29, 0.717) is 22.8 Å². The first-order valence-corrected chi connectivity index (χ1v) is 6.83. The van der Waals surface area contributed by atoms with E-state index in [9.17, 15) is 4.79 Å². The SMILES string of the molecule is COc1ccccc1CN(C)C(=O)c1cccc(Cl)c1N. The Kier molecular flexibility index (Phi) is 4.70. The first-order valence-electron chi connectivity index (χ1n) is 6.46. The maximum Gasteiger partial charge on any atom is 0.256 e. The number of methoxy groups -OCH3 is 1. The van der Waals surface area contributed by atoms with Crippen LogP contribution >= 0.6 is 11.6 Å². The van der Waals surface area contributed by atoms with Crippen molar-refractivity contribution < 1.29 is 9.53 Å². The number of hydrogen-bond donors (Lipinski definition) is 1. The zero-order valence-electron chi connectivity index (χ0n) is 12.0. The minimum Gasteiger partial charge on any atom is -0.496 e. The lowest BCUT2D eigenvalue weighted by atomic mass is 10.1. The van der Waals surface area contributed by atoms with Crippen LogP contribution in [0.5, 0.6) is 5.75 Å². The number of ether oxygens (including phenoxy) is 1. The molecule has 0 atom stereocenters. The molecule has 2 rings (SSSR count). The van der Waals surface area contributed by atoms with Gasteiger partial charge in [-0.2, -0.15) is 0 Å². The van der Waals surface area contributed by atoms with E-state index in [4.69, 9.17) is 22.1 Å². The molecular formula is C16H17ClN2O2. The molecule has 1 amide bonds. The molecular weight excluding hydrogens is 288 g/mol. The van der Waals surface area contributed by atoms with E-state index in [1.807, 2.05) is 24.3 Å². The second-order valence-corrected chi connectivity index (χ2v) is 5.08. The summed E-state index contributed by atoms with van der Waals surface area (Å²) in [6.07, 6.45) is 0. The highest BCUT2D eigenvalue weighted by molar-refractivity contribution is 6.33. The predicted molar refractivity (Wildman–Crippen MR) is 84.7 cm³/mol. The number of nitrogens with two attached hydrogens (primary N) is 1. The highest BCUT2D eigenvalue weighted by Gasteiger charge is 2.17. The van der Waals surface area contributed by atoms with Gasteiger partial charge >= 0.3 is 0 Å². The summed E-state index contributed by atoms with van der Waals surface area (Å²) in [4.78, 5) is 14.1.